The van der Waals surface area contributed by atoms with E-state index in [0.717, 1.165) is 20.1 Å². The first-order chi connectivity index (χ1) is 12.6. The summed E-state index contributed by atoms with van der Waals surface area (Å²) < 4.78 is 19.6. The lowest BCUT2D eigenvalue weighted by Crippen LogP contribution is -2.28. The first-order valence-electron chi connectivity index (χ1n) is 7.75. The van der Waals surface area contributed by atoms with Gasteiger partial charge < -0.3 is 10.1 Å². The molecular weight excluding hydrogens is 375 g/mol. The summed E-state index contributed by atoms with van der Waals surface area (Å²) >= 11 is 2.79. The van der Waals surface area contributed by atoms with Gasteiger partial charge in [-0.1, -0.05) is 36.0 Å². The van der Waals surface area contributed by atoms with Crippen LogP contribution >= 0.6 is 23.1 Å². The molecule has 26 heavy (non-hydrogen) atoms. The van der Waals surface area contributed by atoms with Gasteiger partial charge in [0.25, 0.3) is 5.91 Å². The molecule has 0 aliphatic heterocycles. The van der Waals surface area contributed by atoms with Crippen LogP contribution in [0.2, 0.25) is 0 Å². The number of fused-ring (bicyclic) bond motifs is 1. The first-order valence-corrected chi connectivity index (χ1v) is 9.55. The highest BCUT2D eigenvalue weighted by atomic mass is 32.2. The van der Waals surface area contributed by atoms with Crippen molar-refractivity contribution in [3.63, 3.8) is 0 Å². The molecule has 0 unspecified atom stereocenters. The Labute approximate surface area is 157 Å². The molecule has 3 rings (SSSR count). The highest BCUT2D eigenvalue weighted by molar-refractivity contribution is 8.01. The number of nitrogens with one attached hydrogen (secondary N) is 1. The van der Waals surface area contributed by atoms with E-state index in [1.165, 1.54) is 35.2 Å². The number of nitrogens with zero attached hydrogens (tertiary/aromatic N) is 1. The van der Waals surface area contributed by atoms with Gasteiger partial charge in [0, 0.05) is 6.54 Å². The topological polar surface area (TPSA) is 68.3 Å². The van der Waals surface area contributed by atoms with Crippen molar-refractivity contribution < 1.29 is 18.7 Å². The van der Waals surface area contributed by atoms with Crippen LogP contribution in [-0.2, 0) is 20.9 Å². The Hall–Kier alpha value is -2.45. The maximum absolute atomic E-state index is 12.8. The molecule has 0 bridgehead atoms. The maximum atomic E-state index is 12.8. The van der Waals surface area contributed by atoms with Crippen LogP contribution in [0.15, 0.2) is 52.9 Å². The second kappa shape index (κ2) is 8.77. The first kappa shape index (κ1) is 18.3. The van der Waals surface area contributed by atoms with E-state index in [1.54, 1.807) is 12.1 Å². The number of rotatable bonds is 7. The second-order valence-electron chi connectivity index (χ2n) is 5.30. The lowest BCUT2D eigenvalue weighted by Gasteiger charge is -2.06. The van der Waals surface area contributed by atoms with E-state index in [2.05, 4.69) is 10.3 Å². The fourth-order valence-corrected chi connectivity index (χ4v) is 3.94. The van der Waals surface area contributed by atoms with Crippen LogP contribution in [0, 0.1) is 5.82 Å². The number of thiazole rings is 1. The number of halogens is 1. The number of aromatic nitrogens is 1. The number of esters is 1. The highest BCUT2D eigenvalue weighted by Crippen LogP contribution is 2.29. The third kappa shape index (κ3) is 5.27. The largest absolute Gasteiger partial charge is 0.455 e. The Balaban J connectivity index is 1.37. The quantitative estimate of drug-likeness (QED) is 0.495. The SMILES string of the molecule is O=C(COC(=O)CSc1nc2ccccc2s1)NCc1ccc(F)cc1. The summed E-state index contributed by atoms with van der Waals surface area (Å²) in [6.07, 6.45) is 0. The summed E-state index contributed by atoms with van der Waals surface area (Å²) in [6.45, 7) is -0.0997. The minimum Gasteiger partial charge on any atom is -0.455 e. The standard InChI is InChI=1S/C18H15FN2O3S2/c19-13-7-5-12(6-8-13)9-20-16(22)10-24-17(23)11-25-18-21-14-3-1-2-4-15(14)26-18/h1-8H,9-11H2,(H,20,22). The Bertz CT molecular complexity index is 879. The Morgan fingerprint density at radius 3 is 2.69 bits per heavy atom. The summed E-state index contributed by atoms with van der Waals surface area (Å²) in [6, 6.07) is 13.5. The van der Waals surface area contributed by atoms with Crippen LogP contribution < -0.4 is 5.32 Å². The van der Waals surface area contributed by atoms with Crippen molar-refractivity contribution in [3.05, 3.63) is 59.9 Å². The van der Waals surface area contributed by atoms with Gasteiger partial charge in [0.05, 0.1) is 16.0 Å². The van der Waals surface area contributed by atoms with Crippen LogP contribution in [0.25, 0.3) is 10.2 Å². The predicted octanol–water partition coefficient (Wildman–Crippen LogP) is 3.39. The molecule has 0 fully saturated rings. The van der Waals surface area contributed by atoms with Crippen LogP contribution in [0.3, 0.4) is 0 Å². The monoisotopic (exact) mass is 390 g/mol. The van der Waals surface area contributed by atoms with Crippen molar-refractivity contribution in [1.29, 1.82) is 0 Å². The summed E-state index contributed by atoms with van der Waals surface area (Å²) in [5.41, 5.74) is 1.66. The van der Waals surface area contributed by atoms with Gasteiger partial charge in [-0.2, -0.15) is 0 Å². The van der Waals surface area contributed by atoms with Gasteiger partial charge in [-0.3, -0.25) is 9.59 Å². The lowest BCUT2D eigenvalue weighted by atomic mass is 10.2. The number of carbonyl (C=O) groups is 2. The minimum absolute atomic E-state index is 0.0884. The molecule has 1 heterocycles. The molecule has 3 aromatic rings. The van der Waals surface area contributed by atoms with Crippen LogP contribution in [0.5, 0.6) is 0 Å². The van der Waals surface area contributed by atoms with Crippen molar-refractivity contribution in [2.45, 2.75) is 10.9 Å². The number of carbonyl (C=O) groups excluding carboxylic acids is 2. The van der Waals surface area contributed by atoms with Gasteiger partial charge >= 0.3 is 5.97 Å². The molecule has 0 aliphatic rings. The molecule has 2 aromatic carbocycles. The van der Waals surface area contributed by atoms with Gasteiger partial charge in [-0.05, 0) is 29.8 Å². The second-order valence-corrected chi connectivity index (χ2v) is 7.55. The smallest absolute Gasteiger partial charge is 0.316 e. The van der Waals surface area contributed by atoms with Crippen LogP contribution in [0.4, 0.5) is 4.39 Å². The Kier molecular flexibility index (Phi) is 6.19. The van der Waals surface area contributed by atoms with Crippen molar-refractivity contribution in [1.82, 2.24) is 10.3 Å². The van der Waals surface area contributed by atoms with E-state index < -0.39 is 11.9 Å². The van der Waals surface area contributed by atoms with E-state index in [1.807, 2.05) is 24.3 Å². The summed E-state index contributed by atoms with van der Waals surface area (Å²) in [5, 5.41) is 2.61. The molecule has 0 radical (unpaired) electrons. The third-order valence-corrected chi connectivity index (χ3v) is 5.51. The molecule has 5 nitrogen and oxygen atoms in total. The molecule has 0 aliphatic carbocycles. The van der Waals surface area contributed by atoms with Crippen molar-refractivity contribution >= 4 is 45.2 Å². The number of benzene rings is 2. The summed E-state index contributed by atoms with van der Waals surface area (Å²) in [4.78, 5) is 27.9. The maximum Gasteiger partial charge on any atom is 0.316 e. The number of para-hydroxylation sites is 1. The van der Waals surface area contributed by atoms with Gasteiger partial charge in [0.1, 0.15) is 5.82 Å². The lowest BCUT2D eigenvalue weighted by molar-refractivity contribution is -0.145. The molecule has 1 aromatic heterocycles. The summed E-state index contributed by atoms with van der Waals surface area (Å²) in [7, 11) is 0. The van der Waals surface area contributed by atoms with E-state index in [0.29, 0.717) is 0 Å². The molecule has 0 spiro atoms. The average molecular weight is 390 g/mol. The van der Waals surface area contributed by atoms with Crippen molar-refractivity contribution in [3.8, 4) is 0 Å². The molecular formula is C18H15FN2O3S2. The molecule has 8 heteroatoms. The number of ether oxygens (including phenoxy) is 1. The Morgan fingerprint density at radius 1 is 1.15 bits per heavy atom. The van der Waals surface area contributed by atoms with Gasteiger partial charge in [-0.15, -0.1) is 11.3 Å². The van der Waals surface area contributed by atoms with Crippen molar-refractivity contribution in [2.75, 3.05) is 12.4 Å². The summed E-state index contributed by atoms with van der Waals surface area (Å²) in [5.74, 6) is -1.14. The van der Waals surface area contributed by atoms with E-state index in [-0.39, 0.29) is 24.7 Å². The zero-order chi connectivity index (χ0) is 18.4. The zero-order valence-corrected chi connectivity index (χ0v) is 15.2. The van der Waals surface area contributed by atoms with E-state index >= 15 is 0 Å². The number of thioether (sulfide) groups is 1. The highest BCUT2D eigenvalue weighted by Gasteiger charge is 2.10. The predicted molar refractivity (Wildman–Crippen MR) is 99.5 cm³/mol. The number of hydrogen-bond acceptors (Lipinski definition) is 6. The third-order valence-electron chi connectivity index (χ3n) is 3.35. The van der Waals surface area contributed by atoms with E-state index in [9.17, 15) is 14.0 Å². The van der Waals surface area contributed by atoms with Crippen LogP contribution in [-0.4, -0.2) is 29.2 Å². The molecule has 1 amide bonds. The Morgan fingerprint density at radius 2 is 1.92 bits per heavy atom. The zero-order valence-electron chi connectivity index (χ0n) is 13.6. The number of hydrogen-bond donors (Lipinski definition) is 1. The van der Waals surface area contributed by atoms with Gasteiger partial charge in [-0.25, -0.2) is 9.37 Å². The average Bonchev–Trinajstić information content (AvgIpc) is 3.07. The molecule has 134 valence electrons. The molecule has 1 N–H and O–H groups in total. The molecule has 0 atom stereocenters. The fraction of sp³-hybridized carbons (Fsp3) is 0.167. The van der Waals surface area contributed by atoms with Crippen molar-refractivity contribution in [2.24, 2.45) is 0 Å². The molecule has 0 saturated heterocycles. The number of amides is 1. The van der Waals surface area contributed by atoms with Gasteiger partial charge in [0.2, 0.25) is 0 Å². The fourth-order valence-electron chi connectivity index (χ4n) is 2.08. The molecule has 0 saturated carbocycles. The van der Waals surface area contributed by atoms with E-state index in [4.69, 9.17) is 4.74 Å². The minimum atomic E-state index is -0.480. The van der Waals surface area contributed by atoms with Gasteiger partial charge in [0.15, 0.2) is 10.9 Å². The normalized spacial score (nSPS) is 10.7. The van der Waals surface area contributed by atoms with Crippen LogP contribution in [0.1, 0.15) is 5.56 Å².